The summed E-state index contributed by atoms with van der Waals surface area (Å²) >= 11 is 4.87. The Labute approximate surface area is 183 Å². The van der Waals surface area contributed by atoms with E-state index in [2.05, 4.69) is 43.0 Å². The number of hydrogen-bond donors (Lipinski definition) is 1. The second-order valence-electron chi connectivity index (χ2n) is 6.01. The summed E-state index contributed by atoms with van der Waals surface area (Å²) in [6, 6.07) is 8.49. The Hall–Kier alpha value is -3.18. The van der Waals surface area contributed by atoms with Crippen LogP contribution in [0.2, 0.25) is 0 Å². The molecule has 0 bridgehead atoms. The number of halogens is 1. The van der Waals surface area contributed by atoms with Crippen molar-refractivity contribution in [3.05, 3.63) is 69.4 Å². The topological polar surface area (TPSA) is 116 Å². The predicted molar refractivity (Wildman–Crippen MR) is 116 cm³/mol. The molecule has 0 saturated heterocycles. The Morgan fingerprint density at radius 1 is 1.33 bits per heavy atom. The van der Waals surface area contributed by atoms with Crippen LogP contribution in [0.25, 0.3) is 17.3 Å². The van der Waals surface area contributed by atoms with Gasteiger partial charge in [0, 0.05) is 21.5 Å². The molecule has 11 heteroatoms. The van der Waals surface area contributed by atoms with E-state index < -0.39 is 11.2 Å². The van der Waals surface area contributed by atoms with Crippen LogP contribution in [0.5, 0.6) is 5.88 Å². The van der Waals surface area contributed by atoms with Gasteiger partial charge in [-0.25, -0.2) is 0 Å². The highest BCUT2D eigenvalue weighted by Crippen LogP contribution is 2.38. The van der Waals surface area contributed by atoms with Gasteiger partial charge in [-0.05, 0) is 36.4 Å². The van der Waals surface area contributed by atoms with E-state index in [0.29, 0.717) is 28.2 Å². The van der Waals surface area contributed by atoms with Gasteiger partial charge in [0.05, 0.1) is 6.07 Å². The Bertz CT molecular complexity index is 1150. The number of benzene rings is 1. The van der Waals surface area contributed by atoms with Crippen LogP contribution in [-0.4, -0.2) is 32.1 Å². The lowest BCUT2D eigenvalue weighted by molar-refractivity contribution is -0.402. The molecule has 3 heterocycles. The maximum absolute atomic E-state index is 10.8. The van der Waals surface area contributed by atoms with Crippen LogP contribution >= 0.6 is 27.7 Å². The number of nitrogens with one attached hydrogen (secondary N) is 1. The number of anilines is 1. The van der Waals surface area contributed by atoms with Crippen LogP contribution in [0, 0.1) is 10.1 Å². The lowest BCUT2D eigenvalue weighted by atomic mass is 10.1. The molecule has 1 aromatic carbocycles. The van der Waals surface area contributed by atoms with Crippen molar-refractivity contribution in [1.29, 1.82) is 0 Å². The number of hydrogen-bond acceptors (Lipinski definition) is 9. The fraction of sp³-hybridized carbons (Fsp3) is 0.105. The third-order valence-electron chi connectivity index (χ3n) is 3.97. The molecule has 1 unspecified atom stereocenters. The molecule has 1 aliphatic heterocycles. The van der Waals surface area contributed by atoms with Gasteiger partial charge in [-0.1, -0.05) is 33.8 Å². The van der Waals surface area contributed by atoms with E-state index in [0.717, 1.165) is 15.7 Å². The van der Waals surface area contributed by atoms with E-state index in [1.54, 1.807) is 18.2 Å². The molecular formula is C19H14BrN5O4S. The number of rotatable bonds is 6. The zero-order valence-electron chi connectivity index (χ0n) is 15.3. The van der Waals surface area contributed by atoms with E-state index in [1.165, 1.54) is 23.9 Å². The minimum absolute atomic E-state index is 0.320. The third-order valence-corrected chi connectivity index (χ3v) is 5.29. The van der Waals surface area contributed by atoms with Crippen LogP contribution in [0.4, 0.5) is 11.6 Å². The van der Waals surface area contributed by atoms with E-state index in [1.807, 2.05) is 18.2 Å². The molecule has 1 atom stereocenters. The molecule has 0 saturated carbocycles. The Balaban J connectivity index is 1.69. The average Bonchev–Trinajstić information content (AvgIpc) is 3.15. The molecule has 0 spiro atoms. The van der Waals surface area contributed by atoms with E-state index in [4.69, 9.17) is 9.15 Å². The lowest BCUT2D eigenvalue weighted by Crippen LogP contribution is -2.23. The fourth-order valence-corrected chi connectivity index (χ4v) is 3.56. The maximum atomic E-state index is 10.8. The molecule has 152 valence electrons. The highest BCUT2D eigenvalue weighted by Gasteiger charge is 2.24. The molecule has 30 heavy (non-hydrogen) atoms. The van der Waals surface area contributed by atoms with Crippen LogP contribution in [0.1, 0.15) is 5.76 Å². The summed E-state index contributed by atoms with van der Waals surface area (Å²) in [6.07, 6.45) is 4.41. The van der Waals surface area contributed by atoms with Gasteiger partial charge in [-0.15, -0.1) is 16.8 Å². The van der Waals surface area contributed by atoms with Crippen LogP contribution in [0.15, 0.2) is 63.1 Å². The van der Waals surface area contributed by atoms with Crippen molar-refractivity contribution < 1.29 is 14.1 Å². The summed E-state index contributed by atoms with van der Waals surface area (Å²) in [6.45, 7) is 3.69. The van der Waals surface area contributed by atoms with Crippen molar-refractivity contribution in [2.45, 2.75) is 11.4 Å². The minimum atomic E-state index is -0.621. The zero-order valence-corrected chi connectivity index (χ0v) is 17.7. The van der Waals surface area contributed by atoms with Gasteiger partial charge in [-0.2, -0.15) is 4.98 Å². The second kappa shape index (κ2) is 8.67. The van der Waals surface area contributed by atoms with Gasteiger partial charge < -0.3 is 14.5 Å². The summed E-state index contributed by atoms with van der Waals surface area (Å²) in [4.78, 5) is 14.7. The van der Waals surface area contributed by atoms with Gasteiger partial charge >= 0.3 is 5.88 Å². The van der Waals surface area contributed by atoms with Crippen LogP contribution < -0.4 is 10.1 Å². The normalized spacial score (nSPS) is 14.9. The highest BCUT2D eigenvalue weighted by atomic mass is 79.9. The minimum Gasteiger partial charge on any atom is -0.448 e. The number of furan rings is 1. The molecule has 9 nitrogen and oxygen atoms in total. The first-order valence-electron chi connectivity index (χ1n) is 8.67. The molecule has 1 aliphatic rings. The lowest BCUT2D eigenvalue weighted by Gasteiger charge is -2.15. The summed E-state index contributed by atoms with van der Waals surface area (Å²) in [5.74, 6) is 0.962. The van der Waals surface area contributed by atoms with Crippen molar-refractivity contribution >= 4 is 45.3 Å². The SMILES string of the molecule is C=CCSc1nnc2c(n1)OC(/C=C/c1ccc([N+](=O)[O-])o1)Nc1ccc(Br)cc1-2. The van der Waals surface area contributed by atoms with Gasteiger partial charge in [0.25, 0.3) is 0 Å². The number of thioether (sulfide) groups is 1. The highest BCUT2D eigenvalue weighted by molar-refractivity contribution is 9.10. The summed E-state index contributed by atoms with van der Waals surface area (Å²) < 4.78 is 12.1. The van der Waals surface area contributed by atoms with E-state index in [9.17, 15) is 10.1 Å². The standard InChI is InChI=1S/C19H14BrN5O4S/c1-2-9-30-19-22-18-17(23-24-19)13-10-11(20)3-6-14(13)21-15(29-18)7-4-12-5-8-16(28-12)25(26)27/h2-8,10,15,21H,1,9H2/b7-4+. The smallest absolute Gasteiger partial charge is 0.433 e. The van der Waals surface area contributed by atoms with E-state index in [-0.39, 0.29) is 5.88 Å². The van der Waals surface area contributed by atoms with Gasteiger partial charge in [-0.3, -0.25) is 10.1 Å². The van der Waals surface area contributed by atoms with Gasteiger partial charge in [0.2, 0.25) is 11.0 Å². The Kier molecular flexibility index (Phi) is 5.81. The average molecular weight is 488 g/mol. The molecule has 1 N–H and O–H groups in total. The maximum Gasteiger partial charge on any atom is 0.433 e. The number of aromatic nitrogens is 3. The van der Waals surface area contributed by atoms with E-state index >= 15 is 0 Å². The Morgan fingerprint density at radius 3 is 2.97 bits per heavy atom. The van der Waals surface area contributed by atoms with Gasteiger partial charge in [0.15, 0.2) is 11.9 Å². The van der Waals surface area contributed by atoms with Crippen molar-refractivity contribution in [2.24, 2.45) is 0 Å². The first-order valence-corrected chi connectivity index (χ1v) is 10.5. The van der Waals surface area contributed by atoms with Crippen molar-refractivity contribution in [2.75, 3.05) is 11.1 Å². The summed E-state index contributed by atoms with van der Waals surface area (Å²) in [5, 5.41) is 23.0. The van der Waals surface area contributed by atoms with Crippen molar-refractivity contribution in [3.63, 3.8) is 0 Å². The number of nitro groups is 1. The quantitative estimate of drug-likeness (QED) is 0.223. The monoisotopic (exact) mass is 487 g/mol. The molecule has 0 fully saturated rings. The molecule has 0 radical (unpaired) electrons. The fourth-order valence-electron chi connectivity index (χ4n) is 2.68. The first-order chi connectivity index (χ1) is 14.5. The summed E-state index contributed by atoms with van der Waals surface area (Å²) in [5.41, 5.74) is 2.06. The molecule has 3 aromatic rings. The number of fused-ring (bicyclic) bond motifs is 3. The number of ether oxygens (including phenoxy) is 1. The Morgan fingerprint density at radius 2 is 2.20 bits per heavy atom. The second-order valence-corrected chi connectivity index (χ2v) is 7.92. The van der Waals surface area contributed by atoms with Crippen LogP contribution in [-0.2, 0) is 0 Å². The number of nitrogens with zero attached hydrogens (tertiary/aromatic N) is 4. The molecule has 0 aliphatic carbocycles. The van der Waals surface area contributed by atoms with Gasteiger partial charge in [0.1, 0.15) is 10.7 Å². The molecular weight excluding hydrogens is 474 g/mol. The zero-order chi connectivity index (χ0) is 21.1. The first kappa shape index (κ1) is 20.1. The van der Waals surface area contributed by atoms with Crippen molar-refractivity contribution in [3.8, 4) is 17.1 Å². The largest absolute Gasteiger partial charge is 0.448 e. The molecule has 0 amide bonds. The molecule has 4 rings (SSSR count). The summed E-state index contributed by atoms with van der Waals surface area (Å²) in [7, 11) is 0. The third kappa shape index (κ3) is 4.36. The van der Waals surface area contributed by atoms with Crippen molar-refractivity contribution in [1.82, 2.24) is 15.2 Å². The predicted octanol–water partition coefficient (Wildman–Crippen LogP) is 4.92. The van der Waals surface area contributed by atoms with Crippen LogP contribution in [0.3, 0.4) is 0 Å². The molecule has 2 aromatic heterocycles.